The predicted molar refractivity (Wildman–Crippen MR) is 56.1 cm³/mol. The molecule has 1 aliphatic carbocycles. The number of epoxide rings is 1. The van der Waals surface area contributed by atoms with Crippen LogP contribution in [0.5, 0.6) is 0 Å². The SMILES string of the molecule is CC(C)C12OC1(C)C[C@@H](O)CC2(C)C. The molecule has 0 aromatic carbocycles. The summed E-state index contributed by atoms with van der Waals surface area (Å²) in [6, 6.07) is 0. The highest BCUT2D eigenvalue weighted by atomic mass is 16.6. The van der Waals surface area contributed by atoms with E-state index >= 15 is 0 Å². The lowest BCUT2D eigenvalue weighted by atomic mass is 9.59. The van der Waals surface area contributed by atoms with Crippen molar-refractivity contribution < 1.29 is 9.84 Å². The molecule has 1 saturated heterocycles. The second kappa shape index (κ2) is 2.53. The molecule has 0 spiro atoms. The van der Waals surface area contributed by atoms with E-state index in [1.165, 1.54) is 0 Å². The van der Waals surface area contributed by atoms with Crippen LogP contribution in [0, 0.1) is 11.3 Å². The van der Waals surface area contributed by atoms with Crippen molar-refractivity contribution in [3.63, 3.8) is 0 Å². The predicted octanol–water partition coefficient (Wildman–Crippen LogP) is 2.35. The van der Waals surface area contributed by atoms with Crippen molar-refractivity contribution in [3.8, 4) is 0 Å². The van der Waals surface area contributed by atoms with Crippen molar-refractivity contribution >= 4 is 0 Å². The van der Waals surface area contributed by atoms with E-state index in [1.807, 2.05) is 0 Å². The molecule has 0 amide bonds. The van der Waals surface area contributed by atoms with E-state index in [1.54, 1.807) is 0 Å². The molecule has 1 aliphatic heterocycles. The molecular formula is C12H22O2. The van der Waals surface area contributed by atoms with E-state index in [9.17, 15) is 5.11 Å². The van der Waals surface area contributed by atoms with Gasteiger partial charge in [0.15, 0.2) is 0 Å². The second-order valence-corrected chi connectivity index (χ2v) is 6.17. The van der Waals surface area contributed by atoms with E-state index in [0.717, 1.165) is 12.8 Å². The third-order valence-electron chi connectivity index (χ3n) is 4.32. The number of hydrogen-bond acceptors (Lipinski definition) is 2. The summed E-state index contributed by atoms with van der Waals surface area (Å²) in [5.41, 5.74) is 0.00907. The van der Waals surface area contributed by atoms with Crippen LogP contribution in [0.4, 0.5) is 0 Å². The maximum absolute atomic E-state index is 9.82. The summed E-state index contributed by atoms with van der Waals surface area (Å²) in [5, 5.41) is 9.82. The van der Waals surface area contributed by atoms with Gasteiger partial charge in [0.25, 0.3) is 0 Å². The normalized spacial score (nSPS) is 50.4. The highest BCUT2D eigenvalue weighted by Crippen LogP contribution is 2.68. The van der Waals surface area contributed by atoms with Crippen LogP contribution in [0.2, 0.25) is 0 Å². The topological polar surface area (TPSA) is 32.8 Å². The van der Waals surface area contributed by atoms with Crippen LogP contribution in [0.25, 0.3) is 0 Å². The zero-order valence-corrected chi connectivity index (χ0v) is 9.92. The summed E-state index contributed by atoms with van der Waals surface area (Å²) in [6.07, 6.45) is 1.47. The van der Waals surface area contributed by atoms with E-state index in [2.05, 4.69) is 34.6 Å². The Hall–Kier alpha value is -0.0800. The van der Waals surface area contributed by atoms with Gasteiger partial charge in [0.05, 0.1) is 11.7 Å². The molecule has 2 fully saturated rings. The molecule has 1 N–H and O–H groups in total. The van der Waals surface area contributed by atoms with Gasteiger partial charge in [-0.3, -0.25) is 0 Å². The Morgan fingerprint density at radius 1 is 1.21 bits per heavy atom. The fourth-order valence-corrected chi connectivity index (χ4v) is 4.15. The molecule has 2 unspecified atom stereocenters. The number of hydrogen-bond donors (Lipinski definition) is 1. The maximum atomic E-state index is 9.82. The zero-order chi connectivity index (χ0) is 10.8. The lowest BCUT2D eigenvalue weighted by Crippen LogP contribution is -2.50. The van der Waals surface area contributed by atoms with Crippen LogP contribution in [0.3, 0.4) is 0 Å². The van der Waals surface area contributed by atoms with Gasteiger partial charge in [-0.05, 0) is 24.7 Å². The van der Waals surface area contributed by atoms with Crippen LogP contribution in [0.1, 0.15) is 47.5 Å². The molecule has 1 saturated carbocycles. The minimum atomic E-state index is -0.190. The van der Waals surface area contributed by atoms with Gasteiger partial charge in [-0.1, -0.05) is 27.7 Å². The average molecular weight is 198 g/mol. The molecule has 14 heavy (non-hydrogen) atoms. The highest BCUT2D eigenvalue weighted by Gasteiger charge is 2.76. The van der Waals surface area contributed by atoms with Gasteiger partial charge < -0.3 is 9.84 Å². The van der Waals surface area contributed by atoms with Crippen molar-refractivity contribution in [1.82, 2.24) is 0 Å². The summed E-state index contributed by atoms with van der Waals surface area (Å²) >= 11 is 0. The van der Waals surface area contributed by atoms with Gasteiger partial charge in [0.2, 0.25) is 0 Å². The lowest BCUT2D eigenvalue weighted by molar-refractivity contribution is 0.0153. The minimum absolute atomic E-state index is 0.000764. The molecule has 0 bridgehead atoms. The van der Waals surface area contributed by atoms with Crippen LogP contribution >= 0.6 is 0 Å². The number of fused-ring (bicyclic) bond motifs is 1. The summed E-state index contributed by atoms with van der Waals surface area (Å²) in [5.74, 6) is 0.523. The lowest BCUT2D eigenvalue weighted by Gasteiger charge is -2.42. The number of rotatable bonds is 1. The number of aliphatic hydroxyl groups excluding tert-OH is 1. The van der Waals surface area contributed by atoms with E-state index in [0.29, 0.717) is 5.92 Å². The maximum Gasteiger partial charge on any atom is 0.105 e. The first-order chi connectivity index (χ1) is 6.25. The Kier molecular flexibility index (Phi) is 1.89. The summed E-state index contributed by atoms with van der Waals surface area (Å²) in [6.45, 7) is 11.0. The van der Waals surface area contributed by atoms with Crippen molar-refractivity contribution in [1.29, 1.82) is 0 Å². The van der Waals surface area contributed by atoms with Crippen molar-refractivity contribution in [3.05, 3.63) is 0 Å². The molecule has 2 rings (SSSR count). The van der Waals surface area contributed by atoms with Crippen molar-refractivity contribution in [2.45, 2.75) is 64.8 Å². The molecule has 0 aromatic rings. The Morgan fingerprint density at radius 3 is 2.21 bits per heavy atom. The molecule has 82 valence electrons. The second-order valence-electron chi connectivity index (χ2n) is 6.17. The average Bonchev–Trinajstić information content (AvgIpc) is 2.54. The Balaban J connectivity index is 2.35. The van der Waals surface area contributed by atoms with Gasteiger partial charge in [-0.2, -0.15) is 0 Å². The fraction of sp³-hybridized carbons (Fsp3) is 1.00. The monoisotopic (exact) mass is 198 g/mol. The standard InChI is InChI=1S/C12H22O2/c1-8(2)12-10(3,4)6-9(13)7-11(12,5)14-12/h8-9,13H,6-7H2,1-5H3/t9-,11?,12?/m0/s1. The Bertz CT molecular complexity index is 259. The zero-order valence-electron chi connectivity index (χ0n) is 9.92. The van der Waals surface area contributed by atoms with E-state index in [4.69, 9.17) is 4.74 Å². The van der Waals surface area contributed by atoms with Crippen molar-refractivity contribution in [2.24, 2.45) is 11.3 Å². The van der Waals surface area contributed by atoms with E-state index < -0.39 is 0 Å². The molecule has 2 aliphatic rings. The molecular weight excluding hydrogens is 176 g/mol. The van der Waals surface area contributed by atoms with Gasteiger partial charge in [0.1, 0.15) is 5.60 Å². The van der Waals surface area contributed by atoms with Gasteiger partial charge in [-0.15, -0.1) is 0 Å². The molecule has 1 heterocycles. The first-order valence-corrected chi connectivity index (χ1v) is 5.63. The largest absolute Gasteiger partial charge is 0.393 e. The van der Waals surface area contributed by atoms with E-state index in [-0.39, 0.29) is 22.7 Å². The fourth-order valence-electron chi connectivity index (χ4n) is 4.15. The summed E-state index contributed by atoms with van der Waals surface area (Å²) < 4.78 is 6.04. The first-order valence-electron chi connectivity index (χ1n) is 5.63. The third kappa shape index (κ3) is 0.989. The van der Waals surface area contributed by atoms with Gasteiger partial charge in [0, 0.05) is 6.42 Å². The van der Waals surface area contributed by atoms with Crippen molar-refractivity contribution in [2.75, 3.05) is 0 Å². The minimum Gasteiger partial charge on any atom is -0.393 e. The summed E-state index contributed by atoms with van der Waals surface area (Å²) in [4.78, 5) is 0. The molecule has 0 aromatic heterocycles. The molecule has 3 atom stereocenters. The van der Waals surface area contributed by atoms with Crippen LogP contribution in [0.15, 0.2) is 0 Å². The third-order valence-corrected chi connectivity index (χ3v) is 4.32. The van der Waals surface area contributed by atoms with Gasteiger partial charge >= 0.3 is 0 Å². The van der Waals surface area contributed by atoms with Crippen LogP contribution < -0.4 is 0 Å². The Labute approximate surface area is 86.6 Å². The number of ether oxygens (including phenoxy) is 1. The molecule has 0 radical (unpaired) electrons. The van der Waals surface area contributed by atoms with Gasteiger partial charge in [-0.25, -0.2) is 0 Å². The molecule has 2 nitrogen and oxygen atoms in total. The Morgan fingerprint density at radius 2 is 1.79 bits per heavy atom. The highest BCUT2D eigenvalue weighted by molar-refractivity contribution is 5.24. The quantitative estimate of drug-likeness (QED) is 0.656. The smallest absolute Gasteiger partial charge is 0.105 e. The summed E-state index contributed by atoms with van der Waals surface area (Å²) in [7, 11) is 0. The first kappa shape index (κ1) is 10.4. The molecule has 2 heteroatoms. The van der Waals surface area contributed by atoms with Crippen LogP contribution in [-0.4, -0.2) is 22.4 Å². The van der Waals surface area contributed by atoms with Crippen LogP contribution in [-0.2, 0) is 4.74 Å². The number of aliphatic hydroxyl groups is 1.